The van der Waals surface area contributed by atoms with E-state index in [9.17, 15) is 9.59 Å². The topological polar surface area (TPSA) is 53.3 Å². The maximum Gasteiger partial charge on any atom is 0.294 e. The Kier molecular flexibility index (Phi) is 4.66. The lowest BCUT2D eigenvalue weighted by Crippen LogP contribution is -2.67. The smallest absolute Gasteiger partial charge is 0.294 e. The predicted molar refractivity (Wildman–Crippen MR) is 112 cm³/mol. The normalized spacial score (nSPS) is 18.3. The average Bonchev–Trinajstić information content (AvgIpc) is 2.71. The van der Waals surface area contributed by atoms with Gasteiger partial charge in [0.2, 0.25) is 17.8 Å². The van der Waals surface area contributed by atoms with Gasteiger partial charge in [0.05, 0.1) is 0 Å². The number of carbonyl (C=O) groups is 2. The van der Waals surface area contributed by atoms with Crippen molar-refractivity contribution in [1.29, 1.82) is 0 Å². The van der Waals surface area contributed by atoms with E-state index in [1.807, 2.05) is 91.3 Å². The van der Waals surface area contributed by atoms with Gasteiger partial charge in [0.15, 0.2) is 6.20 Å². The summed E-state index contributed by atoms with van der Waals surface area (Å²) in [6, 6.07) is 21.0. The first-order valence-electron chi connectivity index (χ1n) is 9.66. The summed E-state index contributed by atoms with van der Waals surface area (Å²) in [5.74, 6) is -0.381. The molecule has 0 radical (unpaired) electrons. The lowest BCUT2D eigenvalue weighted by Gasteiger charge is -2.40. The second kappa shape index (κ2) is 7.17. The van der Waals surface area contributed by atoms with Crippen molar-refractivity contribution in [3.05, 3.63) is 89.7 Å². The Morgan fingerprint density at radius 3 is 2.24 bits per heavy atom. The summed E-state index contributed by atoms with van der Waals surface area (Å²) in [5.41, 5.74) is 3.19. The van der Waals surface area contributed by atoms with Crippen LogP contribution in [0.1, 0.15) is 23.7 Å². The Hall–Kier alpha value is -3.47. The number of aromatic nitrogens is 1. The second-order valence-corrected chi connectivity index (χ2v) is 7.67. The summed E-state index contributed by atoms with van der Waals surface area (Å²) in [6.45, 7) is 5.99. The zero-order valence-electron chi connectivity index (χ0n) is 16.8. The molecule has 0 saturated heterocycles. The molecule has 146 valence electrons. The highest BCUT2D eigenvalue weighted by Gasteiger charge is 2.54. The molecule has 0 saturated carbocycles. The van der Waals surface area contributed by atoms with Crippen LogP contribution in [0.3, 0.4) is 0 Å². The van der Waals surface area contributed by atoms with Crippen LogP contribution in [0.25, 0.3) is 0 Å². The average molecular weight is 386 g/mol. The minimum absolute atomic E-state index is 0.126. The molecule has 0 fully saturated rings. The molecule has 0 bridgehead atoms. The van der Waals surface area contributed by atoms with Gasteiger partial charge in [-0.3, -0.25) is 14.5 Å². The fraction of sp³-hybridized carbons (Fsp3) is 0.208. The zero-order chi connectivity index (χ0) is 20.6. The van der Waals surface area contributed by atoms with Gasteiger partial charge >= 0.3 is 0 Å². The number of hydrogen-bond acceptors (Lipinski definition) is 2. The summed E-state index contributed by atoms with van der Waals surface area (Å²) < 4.78 is 1.85. The number of carbonyl (C=O) groups excluding carboxylic acids is 2. The van der Waals surface area contributed by atoms with Gasteiger partial charge in [-0.1, -0.05) is 41.5 Å². The van der Waals surface area contributed by atoms with E-state index in [-0.39, 0.29) is 18.4 Å². The van der Waals surface area contributed by atoms with Crippen molar-refractivity contribution in [3.63, 3.8) is 0 Å². The van der Waals surface area contributed by atoms with E-state index in [1.165, 1.54) is 0 Å². The molecular weight excluding hydrogens is 362 g/mol. The summed E-state index contributed by atoms with van der Waals surface area (Å²) in [7, 11) is 0. The third kappa shape index (κ3) is 3.29. The maximum absolute atomic E-state index is 13.6. The monoisotopic (exact) mass is 386 g/mol. The van der Waals surface area contributed by atoms with Crippen LogP contribution in [-0.2, 0) is 21.7 Å². The number of amides is 2. The first kappa shape index (κ1) is 18.9. The summed E-state index contributed by atoms with van der Waals surface area (Å²) in [5, 5.41) is 3.01. The van der Waals surface area contributed by atoms with E-state index in [4.69, 9.17) is 0 Å². The van der Waals surface area contributed by atoms with Crippen LogP contribution >= 0.6 is 0 Å². The summed E-state index contributed by atoms with van der Waals surface area (Å²) in [4.78, 5) is 28.4. The van der Waals surface area contributed by atoms with Gasteiger partial charge in [-0.25, -0.2) is 0 Å². The fourth-order valence-electron chi connectivity index (χ4n) is 3.84. The van der Waals surface area contributed by atoms with Gasteiger partial charge in [0.25, 0.3) is 11.8 Å². The number of fused-ring (bicyclic) bond motifs is 1. The number of rotatable bonds is 3. The molecular formula is C24H24N3O2+. The molecule has 3 aromatic rings. The van der Waals surface area contributed by atoms with E-state index >= 15 is 0 Å². The van der Waals surface area contributed by atoms with Crippen LogP contribution in [0.4, 0.5) is 11.4 Å². The van der Waals surface area contributed by atoms with Crippen LogP contribution < -0.4 is 14.8 Å². The zero-order valence-corrected chi connectivity index (χ0v) is 16.8. The van der Waals surface area contributed by atoms with E-state index in [2.05, 4.69) is 5.32 Å². The quantitative estimate of drug-likeness (QED) is 0.701. The van der Waals surface area contributed by atoms with Crippen molar-refractivity contribution in [3.8, 4) is 0 Å². The summed E-state index contributed by atoms with van der Waals surface area (Å²) in [6.07, 6.45) is 1.84. The van der Waals surface area contributed by atoms with E-state index in [1.54, 1.807) is 11.8 Å². The molecule has 4 rings (SSSR count). The van der Waals surface area contributed by atoms with Crippen LogP contribution in [0.5, 0.6) is 0 Å². The molecule has 2 heterocycles. The maximum atomic E-state index is 13.6. The predicted octanol–water partition coefficient (Wildman–Crippen LogP) is 3.49. The fourth-order valence-corrected chi connectivity index (χ4v) is 3.84. The molecule has 5 heteroatoms. The summed E-state index contributed by atoms with van der Waals surface area (Å²) >= 11 is 0. The Morgan fingerprint density at radius 1 is 0.966 bits per heavy atom. The number of aryl methyl sites for hydroxylation is 2. The Labute approximate surface area is 170 Å². The van der Waals surface area contributed by atoms with E-state index < -0.39 is 5.54 Å². The highest BCUT2D eigenvalue weighted by atomic mass is 16.2. The molecule has 0 unspecified atom stereocenters. The molecule has 0 aliphatic carbocycles. The first-order chi connectivity index (χ1) is 13.9. The SMILES string of the molecule is Cc1ccc(NC(=O)[C@]2(C)c3cccc[n+]3CC(=O)N2c2ccc(C)cc2)cc1. The molecule has 1 aliphatic rings. The van der Waals surface area contributed by atoms with Crippen molar-refractivity contribution in [2.75, 3.05) is 10.2 Å². The van der Waals surface area contributed by atoms with Gasteiger partial charge in [0.1, 0.15) is 0 Å². The second-order valence-electron chi connectivity index (χ2n) is 7.67. The van der Waals surface area contributed by atoms with Crippen molar-refractivity contribution in [2.45, 2.75) is 32.9 Å². The highest BCUT2D eigenvalue weighted by Crippen LogP contribution is 2.35. The van der Waals surface area contributed by atoms with Crippen molar-refractivity contribution >= 4 is 23.2 Å². The van der Waals surface area contributed by atoms with Gasteiger partial charge < -0.3 is 5.32 Å². The van der Waals surface area contributed by atoms with Gasteiger partial charge in [-0.2, -0.15) is 4.57 Å². The molecule has 1 aromatic heterocycles. The van der Waals surface area contributed by atoms with Crippen molar-refractivity contribution in [2.24, 2.45) is 0 Å². The molecule has 2 amide bonds. The van der Waals surface area contributed by atoms with Gasteiger partial charge in [-0.05, 0) is 45.0 Å². The van der Waals surface area contributed by atoms with E-state index in [0.717, 1.165) is 16.8 Å². The Morgan fingerprint density at radius 2 is 1.59 bits per heavy atom. The Balaban J connectivity index is 1.83. The molecule has 1 N–H and O–H groups in total. The molecule has 29 heavy (non-hydrogen) atoms. The third-order valence-electron chi connectivity index (χ3n) is 5.49. The van der Waals surface area contributed by atoms with E-state index in [0.29, 0.717) is 11.4 Å². The van der Waals surface area contributed by atoms with Gasteiger partial charge in [-0.15, -0.1) is 0 Å². The lowest BCUT2D eigenvalue weighted by molar-refractivity contribution is -0.697. The minimum atomic E-state index is -1.20. The van der Waals surface area contributed by atoms with Gasteiger partial charge in [0, 0.05) is 23.5 Å². The minimum Gasteiger partial charge on any atom is -0.324 e. The van der Waals surface area contributed by atoms with Crippen LogP contribution in [0, 0.1) is 13.8 Å². The third-order valence-corrected chi connectivity index (χ3v) is 5.49. The largest absolute Gasteiger partial charge is 0.324 e. The molecule has 5 nitrogen and oxygen atoms in total. The molecule has 1 atom stereocenters. The number of hydrogen-bond donors (Lipinski definition) is 1. The van der Waals surface area contributed by atoms with Crippen molar-refractivity contribution in [1.82, 2.24) is 0 Å². The van der Waals surface area contributed by atoms with Crippen LogP contribution in [0.15, 0.2) is 72.9 Å². The lowest BCUT2D eigenvalue weighted by atomic mass is 9.89. The van der Waals surface area contributed by atoms with Crippen LogP contribution in [0.2, 0.25) is 0 Å². The standard InChI is InChI=1S/C24H23N3O2/c1-17-7-11-19(12-8-17)25-23(29)24(3)21-6-4-5-15-26(21)16-22(28)27(24)20-13-9-18(2)10-14-20/h4-15H,16H2,1-3H3/p+1/t24-/m0/s1. The molecule has 2 aromatic carbocycles. The first-order valence-corrected chi connectivity index (χ1v) is 9.66. The number of pyridine rings is 1. The number of nitrogens with zero attached hydrogens (tertiary/aromatic N) is 2. The van der Waals surface area contributed by atoms with Crippen LogP contribution in [-0.4, -0.2) is 11.8 Å². The molecule has 1 aliphatic heterocycles. The van der Waals surface area contributed by atoms with Crippen molar-refractivity contribution < 1.29 is 14.2 Å². The molecule has 0 spiro atoms. The number of benzene rings is 2. The Bertz CT molecular complexity index is 1070. The highest BCUT2D eigenvalue weighted by molar-refractivity contribution is 6.08. The number of nitrogens with one attached hydrogen (secondary N) is 1. The number of anilines is 2.